The molecule has 1 aliphatic carbocycles. The highest BCUT2D eigenvalue weighted by atomic mass is 16.5. The average molecular weight is 307 g/mol. The Kier molecular flexibility index (Phi) is 6.94. The minimum Gasteiger partial charge on any atom is -0.466 e. The zero-order chi connectivity index (χ0) is 15.9. The minimum atomic E-state index is 0.0334. The molecule has 0 spiro atoms. The van der Waals surface area contributed by atoms with Crippen molar-refractivity contribution in [3.8, 4) is 0 Å². The number of nitrogens with zero attached hydrogens (tertiary/aromatic N) is 1. The first-order valence-corrected chi connectivity index (χ1v) is 9.22. The second kappa shape index (κ2) is 8.71. The van der Waals surface area contributed by atoms with E-state index in [1.165, 1.54) is 32.1 Å². The molecule has 0 aromatic carbocycles. The Hall–Kier alpha value is -0.830. The molecule has 0 aromatic rings. The van der Waals surface area contributed by atoms with Crippen LogP contribution in [-0.2, 0) is 9.53 Å². The third kappa shape index (κ3) is 4.13. The number of carbonyl (C=O) groups excluding carboxylic acids is 1. The van der Waals surface area contributed by atoms with Crippen LogP contribution in [0.15, 0.2) is 12.7 Å². The van der Waals surface area contributed by atoms with Gasteiger partial charge in [0.2, 0.25) is 0 Å². The van der Waals surface area contributed by atoms with Gasteiger partial charge in [-0.15, -0.1) is 6.58 Å². The Morgan fingerprint density at radius 2 is 2.05 bits per heavy atom. The van der Waals surface area contributed by atoms with E-state index in [-0.39, 0.29) is 11.9 Å². The largest absolute Gasteiger partial charge is 0.466 e. The summed E-state index contributed by atoms with van der Waals surface area (Å²) in [6, 6.07) is 0.429. The van der Waals surface area contributed by atoms with E-state index >= 15 is 0 Å². The summed E-state index contributed by atoms with van der Waals surface area (Å²) in [4.78, 5) is 14.8. The molecule has 0 aromatic heterocycles. The van der Waals surface area contributed by atoms with E-state index < -0.39 is 0 Å². The van der Waals surface area contributed by atoms with E-state index in [1.54, 1.807) is 0 Å². The van der Waals surface area contributed by atoms with Crippen LogP contribution in [0.2, 0.25) is 0 Å². The van der Waals surface area contributed by atoms with E-state index in [1.807, 2.05) is 13.0 Å². The molecular weight excluding hydrogens is 274 g/mol. The Bertz CT molecular complexity index is 362. The summed E-state index contributed by atoms with van der Waals surface area (Å²) in [5.74, 6) is 1.53. The number of allylic oxidation sites excluding steroid dienone is 1. The van der Waals surface area contributed by atoms with Crippen LogP contribution in [0.5, 0.6) is 0 Å². The van der Waals surface area contributed by atoms with Crippen LogP contribution in [-0.4, -0.2) is 36.6 Å². The molecule has 2 fully saturated rings. The first kappa shape index (κ1) is 17.5. The quantitative estimate of drug-likeness (QED) is 0.501. The van der Waals surface area contributed by atoms with E-state index in [0.29, 0.717) is 18.6 Å². The second-order valence-electron chi connectivity index (χ2n) is 6.98. The highest BCUT2D eigenvalue weighted by Gasteiger charge is 2.49. The fraction of sp³-hybridized carbons (Fsp3) is 0.842. The monoisotopic (exact) mass is 307 g/mol. The number of hydrogen-bond acceptors (Lipinski definition) is 3. The van der Waals surface area contributed by atoms with Gasteiger partial charge in [0.05, 0.1) is 12.5 Å². The molecule has 3 heteroatoms. The number of esters is 1. The van der Waals surface area contributed by atoms with Crippen LogP contribution in [0.3, 0.4) is 0 Å². The molecule has 2 rings (SSSR count). The summed E-state index contributed by atoms with van der Waals surface area (Å²) in [5, 5.41) is 0. The van der Waals surface area contributed by atoms with E-state index in [0.717, 1.165) is 31.8 Å². The molecule has 1 saturated heterocycles. The van der Waals surface area contributed by atoms with Gasteiger partial charge in [-0.25, -0.2) is 0 Å². The van der Waals surface area contributed by atoms with Crippen molar-refractivity contribution in [2.24, 2.45) is 17.8 Å². The van der Waals surface area contributed by atoms with Crippen LogP contribution in [0, 0.1) is 17.8 Å². The van der Waals surface area contributed by atoms with Crippen LogP contribution in [0.25, 0.3) is 0 Å². The molecule has 1 aliphatic heterocycles. The molecule has 3 nitrogen and oxygen atoms in total. The van der Waals surface area contributed by atoms with E-state index in [9.17, 15) is 4.79 Å². The van der Waals surface area contributed by atoms with Crippen molar-refractivity contribution in [3.63, 3.8) is 0 Å². The molecule has 1 saturated carbocycles. The smallest absolute Gasteiger partial charge is 0.310 e. The van der Waals surface area contributed by atoms with Crippen LogP contribution >= 0.6 is 0 Å². The van der Waals surface area contributed by atoms with Crippen molar-refractivity contribution >= 4 is 5.97 Å². The molecule has 0 amide bonds. The van der Waals surface area contributed by atoms with Gasteiger partial charge in [0.25, 0.3) is 0 Å². The van der Waals surface area contributed by atoms with Crippen molar-refractivity contribution < 1.29 is 9.53 Å². The van der Waals surface area contributed by atoms with Crippen molar-refractivity contribution in [1.82, 2.24) is 4.90 Å². The number of carbonyl (C=O) groups is 1. The number of likely N-dealkylation sites (tertiary alicyclic amines) is 1. The first-order chi connectivity index (χ1) is 10.7. The fourth-order valence-corrected chi connectivity index (χ4v) is 4.32. The van der Waals surface area contributed by atoms with Gasteiger partial charge in [-0.1, -0.05) is 25.8 Å². The third-order valence-corrected chi connectivity index (χ3v) is 5.57. The standard InChI is InChI=1S/C19H33NO2/c1-4-10-15(5-2)13-16-14-17(19(21)22-6-3)18(16)20-11-8-7-9-12-20/h4,15-18H,1,5-14H2,2-3H3. The Labute approximate surface area is 136 Å². The van der Waals surface area contributed by atoms with Gasteiger partial charge >= 0.3 is 5.97 Å². The Morgan fingerprint density at radius 1 is 1.32 bits per heavy atom. The lowest BCUT2D eigenvalue weighted by Gasteiger charge is -2.51. The van der Waals surface area contributed by atoms with Crippen molar-refractivity contribution in [3.05, 3.63) is 12.7 Å². The predicted octanol–water partition coefficient (Wildman–Crippen LogP) is 4.03. The molecule has 4 atom stereocenters. The summed E-state index contributed by atoms with van der Waals surface area (Å²) in [6.45, 7) is 10.9. The van der Waals surface area contributed by atoms with Crippen molar-refractivity contribution in [2.45, 2.75) is 64.8 Å². The lowest BCUT2D eigenvalue weighted by molar-refractivity contribution is -0.160. The zero-order valence-electron chi connectivity index (χ0n) is 14.4. The SMILES string of the molecule is C=CCC(CC)CC1CC(C(=O)OCC)C1N1CCCCC1. The molecule has 126 valence electrons. The third-order valence-electron chi connectivity index (χ3n) is 5.57. The van der Waals surface area contributed by atoms with E-state index in [4.69, 9.17) is 4.74 Å². The van der Waals surface area contributed by atoms with Crippen LogP contribution in [0.4, 0.5) is 0 Å². The van der Waals surface area contributed by atoms with Gasteiger partial charge in [-0.2, -0.15) is 0 Å². The molecule has 0 radical (unpaired) electrons. The Balaban J connectivity index is 1.99. The van der Waals surface area contributed by atoms with Gasteiger partial charge < -0.3 is 4.74 Å². The maximum absolute atomic E-state index is 12.2. The molecular formula is C19H33NO2. The molecule has 22 heavy (non-hydrogen) atoms. The lowest BCUT2D eigenvalue weighted by atomic mass is 9.65. The number of ether oxygens (including phenoxy) is 1. The van der Waals surface area contributed by atoms with Gasteiger partial charge in [-0.3, -0.25) is 9.69 Å². The topological polar surface area (TPSA) is 29.5 Å². The minimum absolute atomic E-state index is 0.0334. The first-order valence-electron chi connectivity index (χ1n) is 9.22. The van der Waals surface area contributed by atoms with Gasteiger partial charge in [0.15, 0.2) is 0 Å². The molecule has 1 heterocycles. The summed E-state index contributed by atoms with van der Waals surface area (Å²) in [6.07, 6.45) is 10.5. The average Bonchev–Trinajstić information content (AvgIpc) is 2.51. The Morgan fingerprint density at radius 3 is 2.64 bits per heavy atom. The zero-order valence-corrected chi connectivity index (χ0v) is 14.4. The molecule has 4 unspecified atom stereocenters. The normalized spacial score (nSPS) is 30.4. The number of rotatable bonds is 8. The van der Waals surface area contributed by atoms with Crippen molar-refractivity contribution in [2.75, 3.05) is 19.7 Å². The summed E-state index contributed by atoms with van der Waals surface area (Å²) < 4.78 is 5.31. The summed E-state index contributed by atoms with van der Waals surface area (Å²) in [7, 11) is 0. The van der Waals surface area contributed by atoms with E-state index in [2.05, 4.69) is 18.4 Å². The van der Waals surface area contributed by atoms with Gasteiger partial charge in [-0.05, 0) is 64.0 Å². The maximum atomic E-state index is 12.2. The highest BCUT2D eigenvalue weighted by Crippen LogP contribution is 2.44. The van der Waals surface area contributed by atoms with Gasteiger partial charge in [0.1, 0.15) is 0 Å². The number of hydrogen-bond donors (Lipinski definition) is 0. The maximum Gasteiger partial charge on any atom is 0.310 e. The summed E-state index contributed by atoms with van der Waals surface area (Å²) in [5.41, 5.74) is 0. The van der Waals surface area contributed by atoms with Crippen LogP contribution in [0.1, 0.15) is 58.8 Å². The predicted molar refractivity (Wildman–Crippen MR) is 90.7 cm³/mol. The molecule has 0 N–H and O–H groups in total. The summed E-state index contributed by atoms with van der Waals surface area (Å²) >= 11 is 0. The number of piperidine rings is 1. The molecule has 2 aliphatic rings. The molecule has 0 bridgehead atoms. The lowest BCUT2D eigenvalue weighted by Crippen LogP contribution is -2.58. The van der Waals surface area contributed by atoms with Crippen LogP contribution < -0.4 is 0 Å². The fourth-order valence-electron chi connectivity index (χ4n) is 4.32. The van der Waals surface area contributed by atoms with Gasteiger partial charge in [0, 0.05) is 6.04 Å². The van der Waals surface area contributed by atoms with Crippen molar-refractivity contribution in [1.29, 1.82) is 0 Å². The highest BCUT2D eigenvalue weighted by molar-refractivity contribution is 5.74. The second-order valence-corrected chi connectivity index (χ2v) is 6.98.